The average Bonchev–Trinajstić information content (AvgIpc) is 3.61. The van der Waals surface area contributed by atoms with Crippen molar-refractivity contribution in [1.29, 1.82) is 0 Å². The molecule has 1 fully saturated rings. The molecule has 4 heterocycles. The zero-order valence-electron chi connectivity index (χ0n) is 19.6. The van der Waals surface area contributed by atoms with Gasteiger partial charge in [-0.2, -0.15) is 0 Å². The van der Waals surface area contributed by atoms with Crippen molar-refractivity contribution < 1.29 is 23.9 Å². The third kappa shape index (κ3) is 3.36. The normalized spacial score (nSPS) is 20.5. The lowest BCUT2D eigenvalue weighted by atomic mass is 9.80. The number of aromatic nitrogens is 1. The van der Waals surface area contributed by atoms with E-state index >= 15 is 0 Å². The number of aryl methyl sites for hydroxylation is 2. The molecule has 2 aliphatic heterocycles. The number of carbonyl (C=O) groups excluding carboxylic acids is 3. The lowest BCUT2D eigenvalue weighted by Crippen LogP contribution is -2.46. The highest BCUT2D eigenvalue weighted by Crippen LogP contribution is 2.42. The van der Waals surface area contributed by atoms with Gasteiger partial charge in [0.05, 0.1) is 6.54 Å². The van der Waals surface area contributed by atoms with Gasteiger partial charge in [-0.25, -0.2) is 4.79 Å². The molecule has 0 saturated carbocycles. The number of urea groups is 1. The molecule has 1 saturated heterocycles. The summed E-state index contributed by atoms with van der Waals surface area (Å²) >= 11 is 1.61. The van der Waals surface area contributed by atoms with E-state index < -0.39 is 11.6 Å². The number of amides is 3. The highest BCUT2D eigenvalue weighted by molar-refractivity contribution is 7.10. The summed E-state index contributed by atoms with van der Waals surface area (Å²) in [5.41, 5.74) is 3.10. The van der Waals surface area contributed by atoms with Crippen LogP contribution in [0.3, 0.4) is 0 Å². The molecule has 9 heteroatoms. The summed E-state index contributed by atoms with van der Waals surface area (Å²) in [4.78, 5) is 41.9. The third-order valence-electron chi connectivity index (χ3n) is 7.29. The SMILES string of the molecule is Cc1cc(C(=O)CN2C(=O)N[C@@]3(CCCc4sccc43)C2=O)c(C)n1Cc1ccc2c(c1)OCO2. The lowest BCUT2D eigenvalue weighted by Gasteiger charge is -2.31. The van der Waals surface area contributed by atoms with Crippen LogP contribution in [0.1, 0.15) is 50.6 Å². The second kappa shape index (κ2) is 7.98. The molecule has 8 nitrogen and oxygen atoms in total. The maximum atomic E-state index is 13.5. The number of hydrogen-bond donors (Lipinski definition) is 1. The van der Waals surface area contributed by atoms with Crippen LogP contribution in [0.15, 0.2) is 35.7 Å². The fourth-order valence-corrected chi connectivity index (χ4v) is 6.46. The summed E-state index contributed by atoms with van der Waals surface area (Å²) < 4.78 is 12.9. The molecule has 2 aromatic heterocycles. The standard InChI is InChI=1S/C26H25N3O5S/c1-15-10-18(16(2)28(15)12-17-5-6-21-22(11-17)34-14-33-21)20(30)13-29-24(31)26(27-25(29)32)8-3-4-23-19(26)7-9-35-23/h5-7,9-11H,3-4,8,12-14H2,1-2H3,(H,27,32)/t26-/m1/s1. The van der Waals surface area contributed by atoms with E-state index in [1.807, 2.05) is 49.6 Å². The molecule has 0 unspecified atom stereocenters. The summed E-state index contributed by atoms with van der Waals surface area (Å²) in [6.07, 6.45) is 2.28. The van der Waals surface area contributed by atoms with Crippen LogP contribution < -0.4 is 14.8 Å². The number of nitrogens with one attached hydrogen (secondary N) is 1. The molecule has 180 valence electrons. The minimum absolute atomic E-state index is 0.219. The molecule has 1 aromatic carbocycles. The van der Waals surface area contributed by atoms with Gasteiger partial charge in [-0.3, -0.25) is 14.5 Å². The van der Waals surface area contributed by atoms with E-state index in [4.69, 9.17) is 9.47 Å². The van der Waals surface area contributed by atoms with Crippen LogP contribution in [0.2, 0.25) is 0 Å². The maximum Gasteiger partial charge on any atom is 0.325 e. The Balaban J connectivity index is 1.23. The molecule has 3 aromatic rings. The summed E-state index contributed by atoms with van der Waals surface area (Å²) in [5, 5.41) is 4.88. The van der Waals surface area contributed by atoms with Crippen molar-refractivity contribution in [2.75, 3.05) is 13.3 Å². The van der Waals surface area contributed by atoms with Crippen LogP contribution in [-0.4, -0.2) is 40.5 Å². The Morgan fingerprint density at radius 1 is 1.14 bits per heavy atom. The topological polar surface area (TPSA) is 89.9 Å². The molecule has 0 bridgehead atoms. The number of hydrogen-bond acceptors (Lipinski definition) is 6. The van der Waals surface area contributed by atoms with Gasteiger partial charge in [0.15, 0.2) is 17.3 Å². The van der Waals surface area contributed by atoms with Gasteiger partial charge in [-0.15, -0.1) is 11.3 Å². The number of ether oxygens (including phenoxy) is 2. The van der Waals surface area contributed by atoms with Crippen LogP contribution in [0.5, 0.6) is 11.5 Å². The van der Waals surface area contributed by atoms with Crippen LogP contribution >= 0.6 is 11.3 Å². The second-order valence-corrected chi connectivity index (χ2v) is 10.3. The van der Waals surface area contributed by atoms with Crippen LogP contribution in [0.25, 0.3) is 0 Å². The quantitative estimate of drug-likeness (QED) is 0.432. The van der Waals surface area contributed by atoms with Crippen molar-refractivity contribution in [3.63, 3.8) is 0 Å². The molecular formula is C26H25N3O5S. The van der Waals surface area contributed by atoms with Gasteiger partial charge in [-0.1, -0.05) is 6.07 Å². The Morgan fingerprint density at radius 3 is 2.83 bits per heavy atom. The largest absolute Gasteiger partial charge is 0.454 e. The summed E-state index contributed by atoms with van der Waals surface area (Å²) in [6, 6.07) is 9.05. The number of Topliss-reactive ketones (excluding diaryl/α,β-unsaturated/α-hetero) is 1. The second-order valence-electron chi connectivity index (χ2n) is 9.32. The average molecular weight is 492 g/mol. The predicted octanol–water partition coefficient (Wildman–Crippen LogP) is 3.91. The van der Waals surface area contributed by atoms with E-state index in [1.165, 1.54) is 0 Å². The minimum atomic E-state index is -1.04. The Bertz CT molecular complexity index is 1390. The number of imide groups is 1. The van der Waals surface area contributed by atoms with Crippen molar-refractivity contribution >= 4 is 29.1 Å². The Kier molecular flexibility index (Phi) is 5.00. The summed E-state index contributed by atoms with van der Waals surface area (Å²) in [6.45, 7) is 4.34. The molecular weight excluding hydrogens is 466 g/mol. The van der Waals surface area contributed by atoms with E-state index in [0.717, 1.165) is 50.9 Å². The molecule has 1 spiro atoms. The lowest BCUT2D eigenvalue weighted by molar-refractivity contribution is -0.131. The first-order valence-electron chi connectivity index (χ1n) is 11.7. The number of carbonyl (C=O) groups is 3. The highest BCUT2D eigenvalue weighted by Gasteiger charge is 2.54. The van der Waals surface area contributed by atoms with Gasteiger partial charge in [0.25, 0.3) is 5.91 Å². The molecule has 0 radical (unpaired) electrons. The molecule has 3 amide bonds. The van der Waals surface area contributed by atoms with E-state index in [0.29, 0.717) is 24.3 Å². The number of thiophene rings is 1. The molecule has 1 atom stereocenters. The molecule has 3 aliphatic rings. The smallest absolute Gasteiger partial charge is 0.325 e. The van der Waals surface area contributed by atoms with Gasteiger partial charge in [0.1, 0.15) is 5.54 Å². The Labute approximate surface area is 206 Å². The predicted molar refractivity (Wildman–Crippen MR) is 129 cm³/mol. The zero-order valence-corrected chi connectivity index (χ0v) is 20.4. The van der Waals surface area contributed by atoms with E-state index in [9.17, 15) is 14.4 Å². The van der Waals surface area contributed by atoms with E-state index in [1.54, 1.807) is 11.3 Å². The Morgan fingerprint density at radius 2 is 1.97 bits per heavy atom. The van der Waals surface area contributed by atoms with Crippen molar-refractivity contribution in [3.8, 4) is 11.5 Å². The maximum absolute atomic E-state index is 13.5. The third-order valence-corrected chi connectivity index (χ3v) is 8.27. The fourth-order valence-electron chi connectivity index (χ4n) is 5.46. The monoisotopic (exact) mass is 491 g/mol. The summed E-state index contributed by atoms with van der Waals surface area (Å²) in [5.74, 6) is 0.857. The van der Waals surface area contributed by atoms with Crippen LogP contribution in [0.4, 0.5) is 4.79 Å². The zero-order chi connectivity index (χ0) is 24.3. The first kappa shape index (κ1) is 21.9. The first-order chi connectivity index (χ1) is 16.9. The van der Waals surface area contributed by atoms with Crippen LogP contribution in [0, 0.1) is 13.8 Å². The number of ketones is 1. The van der Waals surface area contributed by atoms with E-state index in [2.05, 4.69) is 9.88 Å². The minimum Gasteiger partial charge on any atom is -0.454 e. The van der Waals surface area contributed by atoms with Crippen molar-refractivity contribution in [2.45, 2.75) is 45.2 Å². The van der Waals surface area contributed by atoms with Gasteiger partial charge in [-0.05, 0) is 68.3 Å². The number of rotatable bonds is 5. The van der Waals surface area contributed by atoms with E-state index in [-0.39, 0.29) is 25.0 Å². The van der Waals surface area contributed by atoms with Crippen molar-refractivity contribution in [3.05, 3.63) is 68.7 Å². The van der Waals surface area contributed by atoms with Gasteiger partial charge >= 0.3 is 6.03 Å². The highest BCUT2D eigenvalue weighted by atomic mass is 32.1. The molecule has 1 aliphatic carbocycles. The first-order valence-corrected chi connectivity index (χ1v) is 12.5. The number of nitrogens with zero attached hydrogens (tertiary/aromatic N) is 2. The number of benzene rings is 1. The molecule has 1 N–H and O–H groups in total. The fraction of sp³-hybridized carbons (Fsp3) is 0.346. The van der Waals surface area contributed by atoms with Gasteiger partial charge in [0, 0.05) is 33.9 Å². The molecule has 35 heavy (non-hydrogen) atoms. The van der Waals surface area contributed by atoms with Crippen molar-refractivity contribution in [2.24, 2.45) is 0 Å². The Hall–Kier alpha value is -3.59. The number of fused-ring (bicyclic) bond motifs is 3. The van der Waals surface area contributed by atoms with Crippen molar-refractivity contribution in [1.82, 2.24) is 14.8 Å². The van der Waals surface area contributed by atoms with Gasteiger partial charge in [0.2, 0.25) is 6.79 Å². The van der Waals surface area contributed by atoms with Crippen LogP contribution in [-0.2, 0) is 23.3 Å². The van der Waals surface area contributed by atoms with Gasteiger partial charge < -0.3 is 19.4 Å². The summed E-state index contributed by atoms with van der Waals surface area (Å²) in [7, 11) is 0. The molecule has 6 rings (SSSR count).